The molecule has 1 aromatic carbocycles. The summed E-state index contributed by atoms with van der Waals surface area (Å²) in [4.78, 5) is 35.7. The van der Waals surface area contributed by atoms with E-state index in [0.717, 1.165) is 16.7 Å². The summed E-state index contributed by atoms with van der Waals surface area (Å²) < 4.78 is 0. The lowest BCUT2D eigenvalue weighted by Crippen LogP contribution is -2.37. The average molecular weight is 397 g/mol. The first-order valence-corrected chi connectivity index (χ1v) is 9.75. The van der Waals surface area contributed by atoms with Crippen LogP contribution in [0, 0.1) is 5.92 Å². The Balaban J connectivity index is 1.66. The first kappa shape index (κ1) is 20.7. The number of likely N-dealkylation sites (N-methyl/N-ethyl adjacent to an activating group) is 2. The Hall–Kier alpha value is -3.00. The van der Waals surface area contributed by atoms with Gasteiger partial charge in [0.2, 0.25) is 11.9 Å². The fraction of sp³-hybridized carbons (Fsp3) is 0.429. The van der Waals surface area contributed by atoms with Gasteiger partial charge in [-0.05, 0) is 37.1 Å². The fourth-order valence-electron chi connectivity index (χ4n) is 3.46. The van der Waals surface area contributed by atoms with Crippen LogP contribution in [-0.2, 0) is 16.1 Å². The Labute approximate surface area is 170 Å². The Kier molecular flexibility index (Phi) is 6.77. The van der Waals surface area contributed by atoms with Gasteiger partial charge in [0.25, 0.3) is 0 Å². The smallest absolute Gasteiger partial charge is 0.306 e. The van der Waals surface area contributed by atoms with E-state index in [1.54, 1.807) is 31.4 Å². The van der Waals surface area contributed by atoms with Gasteiger partial charge in [-0.3, -0.25) is 9.59 Å². The molecule has 2 heterocycles. The van der Waals surface area contributed by atoms with E-state index < -0.39 is 5.97 Å². The molecular formula is C21H27N5O3. The minimum absolute atomic E-state index is 0.0391. The van der Waals surface area contributed by atoms with E-state index in [1.165, 1.54) is 0 Å². The highest BCUT2D eigenvalue weighted by Crippen LogP contribution is 2.24. The first-order chi connectivity index (χ1) is 14.0. The van der Waals surface area contributed by atoms with Crippen LogP contribution in [0.5, 0.6) is 0 Å². The maximum atomic E-state index is 12.0. The van der Waals surface area contributed by atoms with E-state index in [2.05, 4.69) is 15.3 Å². The van der Waals surface area contributed by atoms with Crippen molar-refractivity contribution in [2.75, 3.05) is 38.6 Å². The van der Waals surface area contributed by atoms with Gasteiger partial charge in [0.1, 0.15) is 0 Å². The highest BCUT2D eigenvalue weighted by atomic mass is 16.4. The van der Waals surface area contributed by atoms with Crippen molar-refractivity contribution in [2.45, 2.75) is 19.4 Å². The SMILES string of the molecule is CNCC(=O)N(C)Cc1cccc(-c2cnc(N3CCC(C(=O)O)CC3)nc2)c1. The maximum absolute atomic E-state index is 12.0. The van der Waals surface area contributed by atoms with Crippen LogP contribution in [-0.4, -0.2) is 65.6 Å². The van der Waals surface area contributed by atoms with Gasteiger partial charge in [0.05, 0.1) is 12.5 Å². The number of carboxylic acid groups (broad SMARTS) is 1. The van der Waals surface area contributed by atoms with Crippen molar-refractivity contribution in [3.63, 3.8) is 0 Å². The number of rotatable bonds is 7. The largest absolute Gasteiger partial charge is 0.481 e. The highest BCUT2D eigenvalue weighted by molar-refractivity contribution is 5.78. The van der Waals surface area contributed by atoms with Crippen LogP contribution in [0.3, 0.4) is 0 Å². The highest BCUT2D eigenvalue weighted by Gasteiger charge is 2.25. The van der Waals surface area contributed by atoms with Crippen LogP contribution in [0.4, 0.5) is 5.95 Å². The molecule has 0 bridgehead atoms. The number of carbonyl (C=O) groups is 2. The third kappa shape index (κ3) is 5.29. The Morgan fingerprint density at radius 2 is 1.90 bits per heavy atom. The average Bonchev–Trinajstić information content (AvgIpc) is 2.74. The van der Waals surface area contributed by atoms with Gasteiger partial charge < -0.3 is 20.2 Å². The van der Waals surface area contributed by atoms with Gasteiger partial charge in [-0.25, -0.2) is 9.97 Å². The zero-order valence-electron chi connectivity index (χ0n) is 16.8. The zero-order valence-corrected chi connectivity index (χ0v) is 16.8. The molecule has 2 N–H and O–H groups in total. The van der Waals surface area contributed by atoms with Crippen LogP contribution in [0.15, 0.2) is 36.7 Å². The molecule has 0 spiro atoms. The molecule has 2 aromatic rings. The van der Waals surface area contributed by atoms with Crippen molar-refractivity contribution >= 4 is 17.8 Å². The van der Waals surface area contributed by atoms with E-state index in [0.29, 0.717) is 45.0 Å². The molecule has 1 aliphatic rings. The zero-order chi connectivity index (χ0) is 20.8. The molecule has 1 saturated heterocycles. The molecule has 8 heteroatoms. The Morgan fingerprint density at radius 3 is 2.52 bits per heavy atom. The lowest BCUT2D eigenvalue weighted by atomic mass is 9.97. The first-order valence-electron chi connectivity index (χ1n) is 9.75. The topological polar surface area (TPSA) is 98.7 Å². The number of carbonyl (C=O) groups excluding carboxylic acids is 1. The monoisotopic (exact) mass is 397 g/mol. The van der Waals surface area contributed by atoms with Gasteiger partial charge >= 0.3 is 5.97 Å². The molecule has 1 aliphatic heterocycles. The lowest BCUT2D eigenvalue weighted by molar-refractivity contribution is -0.142. The van der Waals surface area contributed by atoms with Gasteiger partial charge in [0.15, 0.2) is 0 Å². The van der Waals surface area contributed by atoms with E-state index in [9.17, 15) is 9.59 Å². The van der Waals surface area contributed by atoms with Crippen molar-refractivity contribution in [1.82, 2.24) is 20.2 Å². The van der Waals surface area contributed by atoms with Crippen LogP contribution >= 0.6 is 0 Å². The number of anilines is 1. The normalized spacial score (nSPS) is 14.6. The van der Waals surface area contributed by atoms with Crippen molar-refractivity contribution in [3.05, 3.63) is 42.2 Å². The quantitative estimate of drug-likeness (QED) is 0.732. The predicted octanol–water partition coefficient (Wildman–Crippen LogP) is 1.62. The van der Waals surface area contributed by atoms with E-state index >= 15 is 0 Å². The van der Waals surface area contributed by atoms with Crippen LogP contribution < -0.4 is 10.2 Å². The number of nitrogens with one attached hydrogen (secondary N) is 1. The molecule has 0 saturated carbocycles. The van der Waals surface area contributed by atoms with E-state index in [-0.39, 0.29) is 11.8 Å². The molecule has 0 unspecified atom stereocenters. The van der Waals surface area contributed by atoms with Crippen LogP contribution in [0.1, 0.15) is 18.4 Å². The summed E-state index contributed by atoms with van der Waals surface area (Å²) in [5, 5.41) is 12.0. The summed E-state index contributed by atoms with van der Waals surface area (Å²) in [6, 6.07) is 8.00. The standard InChI is InChI=1S/C21H27N5O3/c1-22-13-19(27)25(2)14-15-4-3-5-17(10-15)18-11-23-21(24-12-18)26-8-6-16(7-9-26)20(28)29/h3-5,10-12,16,22H,6-9,13-14H2,1-2H3,(H,28,29). The third-order valence-electron chi connectivity index (χ3n) is 5.20. The lowest BCUT2D eigenvalue weighted by Gasteiger charge is -2.30. The molecule has 0 aliphatic carbocycles. The molecule has 154 valence electrons. The van der Waals surface area contributed by atoms with Crippen LogP contribution in [0.25, 0.3) is 11.1 Å². The fourth-order valence-corrected chi connectivity index (χ4v) is 3.46. The molecule has 29 heavy (non-hydrogen) atoms. The maximum Gasteiger partial charge on any atom is 0.306 e. The molecule has 8 nitrogen and oxygen atoms in total. The predicted molar refractivity (Wildman–Crippen MR) is 110 cm³/mol. The minimum atomic E-state index is -0.723. The van der Waals surface area contributed by atoms with Crippen molar-refractivity contribution < 1.29 is 14.7 Å². The summed E-state index contributed by atoms with van der Waals surface area (Å²) >= 11 is 0. The summed E-state index contributed by atoms with van der Waals surface area (Å²) in [7, 11) is 3.54. The summed E-state index contributed by atoms with van der Waals surface area (Å²) in [5.74, 6) is -0.325. The minimum Gasteiger partial charge on any atom is -0.481 e. The molecular weight excluding hydrogens is 370 g/mol. The van der Waals surface area contributed by atoms with E-state index in [4.69, 9.17) is 5.11 Å². The molecule has 1 amide bonds. The Bertz CT molecular complexity index is 848. The van der Waals surface area contributed by atoms with Crippen molar-refractivity contribution in [3.8, 4) is 11.1 Å². The van der Waals surface area contributed by atoms with Crippen molar-refractivity contribution in [2.24, 2.45) is 5.92 Å². The molecule has 0 radical (unpaired) electrons. The van der Waals surface area contributed by atoms with Crippen molar-refractivity contribution in [1.29, 1.82) is 0 Å². The number of aliphatic carboxylic acids is 1. The number of nitrogens with zero attached hydrogens (tertiary/aromatic N) is 4. The second kappa shape index (κ2) is 9.47. The second-order valence-electron chi connectivity index (χ2n) is 7.35. The van der Waals surface area contributed by atoms with Crippen LogP contribution in [0.2, 0.25) is 0 Å². The number of benzene rings is 1. The number of hydrogen-bond donors (Lipinski definition) is 2. The van der Waals surface area contributed by atoms with Gasteiger partial charge in [0, 0.05) is 44.6 Å². The number of amides is 1. The number of piperidine rings is 1. The van der Waals surface area contributed by atoms with Gasteiger partial charge in [-0.1, -0.05) is 18.2 Å². The summed E-state index contributed by atoms with van der Waals surface area (Å²) in [6.07, 6.45) is 4.81. The molecule has 3 rings (SSSR count). The number of carboxylic acids is 1. The van der Waals surface area contributed by atoms with E-state index in [1.807, 2.05) is 29.2 Å². The summed E-state index contributed by atoms with van der Waals surface area (Å²) in [5.41, 5.74) is 2.93. The van der Waals surface area contributed by atoms with Gasteiger partial charge in [-0.15, -0.1) is 0 Å². The molecule has 1 aromatic heterocycles. The second-order valence-corrected chi connectivity index (χ2v) is 7.35. The van der Waals surface area contributed by atoms with Gasteiger partial charge in [-0.2, -0.15) is 0 Å². The number of aromatic nitrogens is 2. The Morgan fingerprint density at radius 1 is 1.21 bits per heavy atom. The third-order valence-corrected chi connectivity index (χ3v) is 5.20. The molecule has 0 atom stereocenters. The summed E-state index contributed by atoms with van der Waals surface area (Å²) in [6.45, 7) is 2.15. The molecule has 1 fully saturated rings. The number of hydrogen-bond acceptors (Lipinski definition) is 6.